The largest absolute Gasteiger partial charge is 0.486 e. The Morgan fingerprint density at radius 2 is 2.19 bits per heavy atom. The highest BCUT2D eigenvalue weighted by molar-refractivity contribution is 5.98. The summed E-state index contributed by atoms with van der Waals surface area (Å²) in [6.07, 6.45) is 4.79. The Labute approximate surface area is 120 Å². The lowest BCUT2D eigenvalue weighted by Crippen LogP contribution is -2.11. The van der Waals surface area contributed by atoms with Crippen molar-refractivity contribution in [3.63, 3.8) is 0 Å². The number of ketones is 1. The van der Waals surface area contributed by atoms with Crippen molar-refractivity contribution in [3.8, 4) is 5.75 Å². The number of imidazole rings is 1. The van der Waals surface area contributed by atoms with E-state index in [1.807, 2.05) is 6.07 Å². The van der Waals surface area contributed by atoms with Crippen molar-refractivity contribution in [2.24, 2.45) is 0 Å². The maximum absolute atomic E-state index is 12.7. The van der Waals surface area contributed by atoms with Gasteiger partial charge in [0.25, 0.3) is 0 Å². The molecule has 2 aromatic rings. The van der Waals surface area contributed by atoms with Gasteiger partial charge < -0.3 is 4.74 Å². The summed E-state index contributed by atoms with van der Waals surface area (Å²) >= 11 is 0. The molecule has 0 N–H and O–H groups in total. The number of fused-ring (bicyclic) bond motifs is 1. The molecule has 0 radical (unpaired) electrons. The van der Waals surface area contributed by atoms with Gasteiger partial charge in [-0.25, -0.2) is 4.98 Å². The van der Waals surface area contributed by atoms with Gasteiger partial charge in [0.05, 0.1) is 0 Å². The average Bonchev–Trinajstić information content (AvgIpc) is 2.94. The molecular formula is C15H14F2N2O2. The van der Waals surface area contributed by atoms with Gasteiger partial charge in [-0.1, -0.05) is 0 Å². The van der Waals surface area contributed by atoms with Gasteiger partial charge in [0.1, 0.15) is 12.4 Å². The van der Waals surface area contributed by atoms with E-state index in [1.165, 1.54) is 12.4 Å². The SMILES string of the molecule is O=C1CCCc2cc(OCc3nccn3C(F)F)ccc21. The summed E-state index contributed by atoms with van der Waals surface area (Å²) in [6, 6.07) is 5.24. The van der Waals surface area contributed by atoms with Crippen LogP contribution in [-0.2, 0) is 13.0 Å². The zero-order valence-electron chi connectivity index (χ0n) is 11.3. The fraction of sp³-hybridized carbons (Fsp3) is 0.333. The summed E-state index contributed by atoms with van der Waals surface area (Å²) in [5.74, 6) is 0.877. The van der Waals surface area contributed by atoms with E-state index < -0.39 is 6.55 Å². The van der Waals surface area contributed by atoms with Crippen LogP contribution in [-0.4, -0.2) is 15.3 Å². The number of nitrogens with zero attached hydrogens (tertiary/aromatic N) is 2. The topological polar surface area (TPSA) is 44.1 Å². The molecule has 0 spiro atoms. The van der Waals surface area contributed by atoms with E-state index in [-0.39, 0.29) is 18.2 Å². The zero-order valence-corrected chi connectivity index (χ0v) is 11.3. The highest BCUT2D eigenvalue weighted by Crippen LogP contribution is 2.26. The van der Waals surface area contributed by atoms with Crippen LogP contribution in [0.1, 0.15) is 41.1 Å². The number of rotatable bonds is 4. The van der Waals surface area contributed by atoms with E-state index >= 15 is 0 Å². The summed E-state index contributed by atoms with van der Waals surface area (Å²) < 4.78 is 31.6. The number of halogens is 2. The second kappa shape index (κ2) is 5.63. The molecule has 1 aliphatic carbocycles. The van der Waals surface area contributed by atoms with Crippen LogP contribution in [0.3, 0.4) is 0 Å². The smallest absolute Gasteiger partial charge is 0.320 e. The average molecular weight is 292 g/mol. The van der Waals surface area contributed by atoms with Crippen molar-refractivity contribution in [1.82, 2.24) is 9.55 Å². The first-order valence-corrected chi connectivity index (χ1v) is 6.74. The van der Waals surface area contributed by atoms with Crippen molar-refractivity contribution >= 4 is 5.78 Å². The van der Waals surface area contributed by atoms with Gasteiger partial charge in [-0.05, 0) is 36.6 Å². The number of ether oxygens (including phenoxy) is 1. The number of aromatic nitrogens is 2. The quantitative estimate of drug-likeness (QED) is 0.867. The van der Waals surface area contributed by atoms with Crippen molar-refractivity contribution in [2.45, 2.75) is 32.4 Å². The summed E-state index contributed by atoms with van der Waals surface area (Å²) in [6.45, 7) is -2.67. The molecule has 0 fully saturated rings. The molecule has 0 aliphatic heterocycles. The van der Waals surface area contributed by atoms with Gasteiger partial charge in [0.2, 0.25) is 0 Å². The first kappa shape index (κ1) is 13.7. The van der Waals surface area contributed by atoms with Gasteiger partial charge in [-0.15, -0.1) is 0 Å². The monoisotopic (exact) mass is 292 g/mol. The zero-order chi connectivity index (χ0) is 14.8. The van der Waals surface area contributed by atoms with Gasteiger partial charge in [0, 0.05) is 24.4 Å². The van der Waals surface area contributed by atoms with E-state index in [4.69, 9.17) is 4.74 Å². The predicted octanol–water partition coefficient (Wildman–Crippen LogP) is 3.38. The van der Waals surface area contributed by atoms with E-state index in [0.29, 0.717) is 12.2 Å². The molecule has 0 saturated heterocycles. The maximum Gasteiger partial charge on any atom is 0.320 e. The lowest BCUT2D eigenvalue weighted by molar-refractivity contribution is 0.0632. The molecule has 4 nitrogen and oxygen atoms in total. The molecule has 3 rings (SSSR count). The first-order valence-electron chi connectivity index (χ1n) is 6.74. The molecule has 1 aliphatic rings. The second-order valence-corrected chi connectivity index (χ2v) is 4.91. The molecule has 110 valence electrons. The molecule has 0 amide bonds. The van der Waals surface area contributed by atoms with Gasteiger partial charge in [-0.2, -0.15) is 8.78 Å². The molecule has 1 aromatic heterocycles. The highest BCUT2D eigenvalue weighted by atomic mass is 19.3. The Morgan fingerprint density at radius 3 is 3.00 bits per heavy atom. The summed E-state index contributed by atoms with van der Waals surface area (Å²) in [7, 11) is 0. The van der Waals surface area contributed by atoms with Gasteiger partial charge >= 0.3 is 6.55 Å². The molecule has 0 saturated carbocycles. The van der Waals surface area contributed by atoms with E-state index in [0.717, 1.165) is 28.5 Å². The highest BCUT2D eigenvalue weighted by Gasteiger charge is 2.18. The number of carbonyl (C=O) groups is 1. The number of Topliss-reactive ketones (excluding diaryl/α,β-unsaturated/α-hetero) is 1. The molecular weight excluding hydrogens is 278 g/mol. The fourth-order valence-corrected chi connectivity index (χ4v) is 2.49. The van der Waals surface area contributed by atoms with Gasteiger partial charge in [-0.3, -0.25) is 9.36 Å². The summed E-state index contributed by atoms with van der Waals surface area (Å²) in [4.78, 5) is 15.6. The minimum atomic E-state index is -2.63. The Balaban J connectivity index is 1.74. The Hall–Kier alpha value is -2.24. The van der Waals surface area contributed by atoms with Crippen LogP contribution in [0.15, 0.2) is 30.6 Å². The molecule has 0 bridgehead atoms. The lowest BCUT2D eigenvalue weighted by Gasteiger charge is -2.16. The number of hydrogen-bond donors (Lipinski definition) is 0. The molecule has 0 atom stereocenters. The second-order valence-electron chi connectivity index (χ2n) is 4.91. The fourth-order valence-electron chi connectivity index (χ4n) is 2.49. The van der Waals surface area contributed by atoms with Crippen molar-refractivity contribution in [2.75, 3.05) is 0 Å². The first-order chi connectivity index (χ1) is 10.1. The van der Waals surface area contributed by atoms with Crippen LogP contribution in [0, 0.1) is 0 Å². The third kappa shape index (κ3) is 2.79. The number of alkyl halides is 2. The van der Waals surface area contributed by atoms with E-state index in [1.54, 1.807) is 12.1 Å². The molecule has 6 heteroatoms. The number of benzene rings is 1. The summed E-state index contributed by atoms with van der Waals surface area (Å²) in [5.41, 5.74) is 1.70. The van der Waals surface area contributed by atoms with Crippen LogP contribution in [0.5, 0.6) is 5.75 Å². The molecule has 1 heterocycles. The Morgan fingerprint density at radius 1 is 1.33 bits per heavy atom. The minimum Gasteiger partial charge on any atom is -0.486 e. The van der Waals surface area contributed by atoms with E-state index in [9.17, 15) is 13.6 Å². The maximum atomic E-state index is 12.7. The Bertz CT molecular complexity index is 667. The van der Waals surface area contributed by atoms with Crippen LogP contribution in [0.4, 0.5) is 8.78 Å². The van der Waals surface area contributed by atoms with Crippen molar-refractivity contribution < 1.29 is 18.3 Å². The molecule has 1 aromatic carbocycles. The lowest BCUT2D eigenvalue weighted by atomic mass is 9.91. The van der Waals surface area contributed by atoms with Crippen LogP contribution < -0.4 is 4.74 Å². The van der Waals surface area contributed by atoms with Crippen molar-refractivity contribution in [3.05, 3.63) is 47.5 Å². The number of carbonyl (C=O) groups excluding carboxylic acids is 1. The standard InChI is InChI=1S/C15H14F2N2O2/c16-15(17)19-7-6-18-14(19)9-21-11-4-5-12-10(8-11)2-1-3-13(12)20/h4-8,15H,1-3,9H2. The predicted molar refractivity (Wildman–Crippen MR) is 71.5 cm³/mol. The van der Waals surface area contributed by atoms with Gasteiger partial charge in [0.15, 0.2) is 11.6 Å². The molecule has 21 heavy (non-hydrogen) atoms. The number of aryl methyl sites for hydroxylation is 1. The van der Waals surface area contributed by atoms with Crippen LogP contribution >= 0.6 is 0 Å². The minimum absolute atomic E-state index is 0.0376. The van der Waals surface area contributed by atoms with Crippen LogP contribution in [0.2, 0.25) is 0 Å². The third-order valence-electron chi connectivity index (χ3n) is 3.55. The normalized spacial score (nSPS) is 14.3. The van der Waals surface area contributed by atoms with E-state index in [2.05, 4.69) is 4.98 Å². The third-order valence-corrected chi connectivity index (χ3v) is 3.55. The molecule has 0 unspecified atom stereocenters. The van der Waals surface area contributed by atoms with Crippen LogP contribution in [0.25, 0.3) is 0 Å². The summed E-state index contributed by atoms with van der Waals surface area (Å²) in [5, 5.41) is 0. The van der Waals surface area contributed by atoms with Crippen molar-refractivity contribution in [1.29, 1.82) is 0 Å². The Kier molecular flexibility index (Phi) is 3.68. The number of hydrogen-bond acceptors (Lipinski definition) is 3.